The quantitative estimate of drug-likeness (QED) is 0.592. The van der Waals surface area contributed by atoms with Gasteiger partial charge in [-0.15, -0.1) is 0 Å². The van der Waals surface area contributed by atoms with Crippen LogP contribution in [0.25, 0.3) is 10.8 Å². The fraction of sp³-hybridized carbons (Fsp3) is 0.348. The van der Waals surface area contributed by atoms with Crippen LogP contribution in [-0.2, 0) is 19.6 Å². The first-order valence-electron chi connectivity index (χ1n) is 10.6. The van der Waals surface area contributed by atoms with E-state index in [9.17, 15) is 9.59 Å². The van der Waals surface area contributed by atoms with Crippen molar-refractivity contribution in [2.24, 2.45) is 0 Å². The van der Waals surface area contributed by atoms with E-state index in [0.29, 0.717) is 29.2 Å². The zero-order valence-corrected chi connectivity index (χ0v) is 18.1. The third-order valence-electron chi connectivity index (χ3n) is 5.55. The molecule has 2 amide bonds. The van der Waals surface area contributed by atoms with Crippen molar-refractivity contribution < 1.29 is 4.79 Å². The maximum Gasteiger partial charge on any atom is 0.315 e. The van der Waals surface area contributed by atoms with Crippen molar-refractivity contribution in [1.82, 2.24) is 25.3 Å². The monoisotopic (exact) mass is 439 g/mol. The molecule has 1 aliphatic heterocycles. The average molecular weight is 440 g/mol. The summed E-state index contributed by atoms with van der Waals surface area (Å²) in [5.74, 6) is 0. The lowest BCUT2D eigenvalue weighted by molar-refractivity contribution is 0.240. The maximum absolute atomic E-state index is 12.9. The highest BCUT2D eigenvalue weighted by atomic mass is 35.5. The fourth-order valence-electron chi connectivity index (χ4n) is 3.84. The van der Waals surface area contributed by atoms with Crippen molar-refractivity contribution in [2.75, 3.05) is 19.6 Å². The van der Waals surface area contributed by atoms with Gasteiger partial charge in [0.2, 0.25) is 0 Å². The first-order valence-corrected chi connectivity index (χ1v) is 11.0. The summed E-state index contributed by atoms with van der Waals surface area (Å²) < 4.78 is 1.53. The van der Waals surface area contributed by atoms with Gasteiger partial charge in [-0.1, -0.05) is 41.9 Å². The molecule has 4 rings (SSSR count). The molecule has 0 radical (unpaired) electrons. The van der Waals surface area contributed by atoms with E-state index in [1.807, 2.05) is 36.4 Å². The van der Waals surface area contributed by atoms with E-state index in [2.05, 4.69) is 20.6 Å². The van der Waals surface area contributed by atoms with E-state index in [4.69, 9.17) is 11.6 Å². The minimum absolute atomic E-state index is 0.0919. The van der Waals surface area contributed by atoms with Crippen molar-refractivity contribution in [3.05, 3.63) is 75.2 Å². The summed E-state index contributed by atoms with van der Waals surface area (Å²) in [6.45, 7) is 4.12. The minimum Gasteiger partial charge on any atom is -0.334 e. The third kappa shape index (κ3) is 5.42. The lowest BCUT2D eigenvalue weighted by atomic mass is 10.1. The van der Waals surface area contributed by atoms with Crippen LogP contribution in [0.1, 0.15) is 24.1 Å². The Morgan fingerprint density at radius 1 is 0.935 bits per heavy atom. The van der Waals surface area contributed by atoms with E-state index in [1.165, 1.54) is 17.5 Å². The summed E-state index contributed by atoms with van der Waals surface area (Å²) in [4.78, 5) is 27.5. The van der Waals surface area contributed by atoms with E-state index < -0.39 is 0 Å². The number of benzene rings is 2. The fourth-order valence-corrected chi connectivity index (χ4v) is 3.97. The lowest BCUT2D eigenvalue weighted by Gasteiger charge is -2.16. The van der Waals surface area contributed by atoms with Crippen LogP contribution in [0, 0.1) is 0 Å². The molecule has 0 spiro atoms. The van der Waals surface area contributed by atoms with Gasteiger partial charge in [-0.25, -0.2) is 9.48 Å². The molecule has 1 saturated heterocycles. The number of nitrogens with one attached hydrogen (secondary N) is 2. The molecule has 0 aliphatic carbocycles. The number of hydrogen-bond donors (Lipinski definition) is 2. The van der Waals surface area contributed by atoms with E-state index in [-0.39, 0.29) is 18.1 Å². The number of aromatic nitrogens is 2. The first kappa shape index (κ1) is 21.3. The molecule has 0 unspecified atom stereocenters. The molecule has 2 heterocycles. The number of urea groups is 1. The first-order chi connectivity index (χ1) is 15.1. The van der Waals surface area contributed by atoms with Crippen molar-refractivity contribution in [1.29, 1.82) is 0 Å². The van der Waals surface area contributed by atoms with Crippen LogP contribution in [0.5, 0.6) is 0 Å². The Hall–Kier alpha value is -2.90. The Labute approximate surface area is 186 Å². The number of carbonyl (C=O) groups excluding carboxylic acids is 1. The number of nitrogens with zero attached hydrogens (tertiary/aromatic N) is 3. The molecule has 0 bridgehead atoms. The predicted molar refractivity (Wildman–Crippen MR) is 122 cm³/mol. The van der Waals surface area contributed by atoms with Gasteiger partial charge in [-0.05, 0) is 49.7 Å². The number of fused-ring (bicyclic) bond motifs is 1. The number of rotatable bonds is 7. The smallest absolute Gasteiger partial charge is 0.315 e. The summed E-state index contributed by atoms with van der Waals surface area (Å²) in [6, 6.07) is 14.4. The summed E-state index contributed by atoms with van der Waals surface area (Å²) in [6.07, 6.45) is 2.42. The molecule has 3 aromatic rings. The zero-order valence-electron chi connectivity index (χ0n) is 17.3. The van der Waals surface area contributed by atoms with Gasteiger partial charge < -0.3 is 15.5 Å². The Morgan fingerprint density at radius 2 is 1.61 bits per heavy atom. The molecule has 8 heteroatoms. The maximum atomic E-state index is 12.9. The second-order valence-electron chi connectivity index (χ2n) is 7.73. The van der Waals surface area contributed by atoms with Gasteiger partial charge in [0.25, 0.3) is 5.56 Å². The van der Waals surface area contributed by atoms with Gasteiger partial charge in [0.05, 0.1) is 24.2 Å². The van der Waals surface area contributed by atoms with Crippen LogP contribution >= 0.6 is 11.6 Å². The van der Waals surface area contributed by atoms with Crippen molar-refractivity contribution in [3.63, 3.8) is 0 Å². The number of hydrogen-bond acceptors (Lipinski definition) is 4. The van der Waals surface area contributed by atoms with E-state index in [0.717, 1.165) is 30.6 Å². The van der Waals surface area contributed by atoms with Crippen molar-refractivity contribution in [3.8, 4) is 0 Å². The Kier molecular flexibility index (Phi) is 6.84. The topological polar surface area (TPSA) is 79.3 Å². The van der Waals surface area contributed by atoms with E-state index >= 15 is 0 Å². The molecule has 1 aliphatic rings. The number of halogens is 1. The van der Waals surface area contributed by atoms with Crippen LogP contribution in [-0.4, -0.2) is 40.3 Å². The number of carbonyl (C=O) groups is 1. The lowest BCUT2D eigenvalue weighted by Crippen LogP contribution is -2.36. The molecule has 31 heavy (non-hydrogen) atoms. The van der Waals surface area contributed by atoms with Gasteiger partial charge in [-0.3, -0.25) is 4.79 Å². The molecule has 2 aromatic carbocycles. The van der Waals surface area contributed by atoms with Crippen LogP contribution in [0.4, 0.5) is 4.79 Å². The van der Waals surface area contributed by atoms with Gasteiger partial charge in [0.15, 0.2) is 0 Å². The molecular formula is C23H26ClN5O2. The van der Waals surface area contributed by atoms with Gasteiger partial charge in [0, 0.05) is 23.5 Å². The van der Waals surface area contributed by atoms with Crippen molar-refractivity contribution in [2.45, 2.75) is 32.5 Å². The Morgan fingerprint density at radius 3 is 2.35 bits per heavy atom. The molecule has 1 fully saturated rings. The summed E-state index contributed by atoms with van der Waals surface area (Å²) in [5, 5.41) is 12.3. The molecule has 1 aromatic heterocycles. The largest absolute Gasteiger partial charge is 0.334 e. The molecular weight excluding hydrogens is 414 g/mol. The zero-order chi connectivity index (χ0) is 21.6. The van der Waals surface area contributed by atoms with Crippen LogP contribution in [0.2, 0.25) is 5.02 Å². The molecule has 2 N–H and O–H groups in total. The minimum atomic E-state index is -0.296. The summed E-state index contributed by atoms with van der Waals surface area (Å²) >= 11 is 5.89. The molecule has 162 valence electrons. The third-order valence-corrected chi connectivity index (χ3v) is 5.81. The van der Waals surface area contributed by atoms with Crippen LogP contribution in [0.15, 0.2) is 53.3 Å². The Bertz CT molecular complexity index is 1110. The van der Waals surface area contributed by atoms with Gasteiger partial charge >= 0.3 is 6.03 Å². The summed E-state index contributed by atoms with van der Waals surface area (Å²) in [7, 11) is 0. The van der Waals surface area contributed by atoms with Crippen LogP contribution < -0.4 is 16.2 Å². The van der Waals surface area contributed by atoms with E-state index in [1.54, 1.807) is 12.1 Å². The number of amides is 2. The molecule has 7 nitrogen and oxygen atoms in total. The highest BCUT2D eigenvalue weighted by molar-refractivity contribution is 6.30. The average Bonchev–Trinajstić information content (AvgIpc) is 3.31. The summed E-state index contributed by atoms with van der Waals surface area (Å²) in [5.41, 5.74) is 1.54. The highest BCUT2D eigenvalue weighted by Gasteiger charge is 2.14. The SMILES string of the molecule is O=C(NCc1ccc(Cl)cc1)NCc1nn(CCN2CCCC2)c(=O)c2ccccc12. The highest BCUT2D eigenvalue weighted by Crippen LogP contribution is 2.14. The standard InChI is InChI=1S/C23H26ClN5O2/c24-18-9-7-17(8-10-18)15-25-23(31)26-16-21-19-5-1-2-6-20(19)22(30)29(27-21)14-13-28-11-3-4-12-28/h1-2,5-10H,3-4,11-16H2,(H2,25,26,31). The van der Waals surface area contributed by atoms with Crippen molar-refractivity contribution >= 4 is 28.4 Å². The number of likely N-dealkylation sites (tertiary alicyclic amines) is 1. The predicted octanol–water partition coefficient (Wildman–Crippen LogP) is 3.15. The molecule has 0 atom stereocenters. The van der Waals surface area contributed by atoms with Crippen LogP contribution in [0.3, 0.4) is 0 Å². The van der Waals surface area contributed by atoms with Gasteiger partial charge in [0.1, 0.15) is 0 Å². The second kappa shape index (κ2) is 9.94. The second-order valence-corrected chi connectivity index (χ2v) is 8.17. The van der Waals surface area contributed by atoms with Gasteiger partial charge in [-0.2, -0.15) is 5.10 Å². The normalized spacial score (nSPS) is 14.1. The Balaban J connectivity index is 1.44. The molecule has 0 saturated carbocycles.